The van der Waals surface area contributed by atoms with Gasteiger partial charge in [0.05, 0.1) is 28.9 Å². The molecule has 0 unspecified atom stereocenters. The first-order valence-corrected chi connectivity index (χ1v) is 12.6. The third kappa shape index (κ3) is 6.24. The number of benzene rings is 3. The van der Waals surface area contributed by atoms with E-state index in [1.807, 2.05) is 69.3 Å². The van der Waals surface area contributed by atoms with Crippen LogP contribution in [0, 0.1) is 13.8 Å². The van der Waals surface area contributed by atoms with Gasteiger partial charge in [-0.2, -0.15) is 0 Å². The Kier molecular flexibility index (Phi) is 8.48. The average molecular weight is 511 g/mol. The van der Waals surface area contributed by atoms with E-state index in [0.29, 0.717) is 45.6 Å². The van der Waals surface area contributed by atoms with Crippen LogP contribution < -0.4 is 5.32 Å². The lowest BCUT2D eigenvalue weighted by atomic mass is 9.97. The van der Waals surface area contributed by atoms with E-state index >= 15 is 0 Å². The average Bonchev–Trinajstić information content (AvgIpc) is 2.92. The van der Waals surface area contributed by atoms with Gasteiger partial charge in [0.2, 0.25) is 0 Å². The second-order valence-electron chi connectivity index (χ2n) is 9.03. The highest BCUT2D eigenvalue weighted by Gasteiger charge is 2.21. The summed E-state index contributed by atoms with van der Waals surface area (Å²) in [4.78, 5) is 42.6. The Morgan fingerprint density at radius 2 is 1.55 bits per heavy atom. The van der Waals surface area contributed by atoms with Crippen molar-refractivity contribution in [3.63, 3.8) is 0 Å². The van der Waals surface area contributed by atoms with Gasteiger partial charge in [0, 0.05) is 16.6 Å². The minimum absolute atomic E-state index is 0.373. The van der Waals surface area contributed by atoms with Gasteiger partial charge in [0.1, 0.15) is 0 Å². The van der Waals surface area contributed by atoms with E-state index in [-0.39, 0.29) is 0 Å². The molecular weight excluding hydrogens is 480 g/mol. The third-order valence-corrected chi connectivity index (χ3v) is 6.13. The van der Waals surface area contributed by atoms with E-state index in [2.05, 4.69) is 5.32 Å². The second-order valence-corrected chi connectivity index (χ2v) is 9.03. The Bertz CT molecular complexity index is 1460. The molecule has 0 atom stereocenters. The van der Waals surface area contributed by atoms with Crippen molar-refractivity contribution >= 4 is 34.4 Å². The first kappa shape index (κ1) is 26.5. The van der Waals surface area contributed by atoms with Crippen molar-refractivity contribution < 1.29 is 23.9 Å². The van der Waals surface area contributed by atoms with Crippen molar-refractivity contribution in [1.82, 2.24) is 4.98 Å². The SMILES string of the molecule is CCCCOC(=O)c1ccc(NC(=O)COC(=O)c2c(C)c(-c3ccc(C)cc3)nc3ccccc23)cc1. The summed E-state index contributed by atoms with van der Waals surface area (Å²) in [7, 11) is 0. The number of esters is 2. The Morgan fingerprint density at radius 1 is 0.842 bits per heavy atom. The monoisotopic (exact) mass is 510 g/mol. The minimum atomic E-state index is -0.602. The topological polar surface area (TPSA) is 94.6 Å². The number of nitrogens with zero attached hydrogens (tertiary/aromatic N) is 1. The molecule has 0 aliphatic heterocycles. The number of ether oxygens (including phenoxy) is 2. The number of aromatic nitrogens is 1. The van der Waals surface area contributed by atoms with Crippen LogP contribution in [0.15, 0.2) is 72.8 Å². The summed E-state index contributed by atoms with van der Waals surface area (Å²) in [6.45, 7) is 5.77. The van der Waals surface area contributed by atoms with Gasteiger partial charge < -0.3 is 14.8 Å². The maximum absolute atomic E-state index is 13.2. The zero-order valence-corrected chi connectivity index (χ0v) is 21.7. The number of para-hydroxylation sites is 1. The number of hydrogen-bond donors (Lipinski definition) is 1. The van der Waals surface area contributed by atoms with Gasteiger partial charge in [0.15, 0.2) is 6.61 Å². The van der Waals surface area contributed by atoms with Crippen LogP contribution in [-0.4, -0.2) is 36.0 Å². The normalized spacial score (nSPS) is 10.7. The van der Waals surface area contributed by atoms with Crippen molar-refractivity contribution in [3.05, 3.63) is 95.1 Å². The van der Waals surface area contributed by atoms with Crippen molar-refractivity contribution in [2.45, 2.75) is 33.6 Å². The van der Waals surface area contributed by atoms with Crippen LogP contribution in [0.4, 0.5) is 5.69 Å². The van der Waals surface area contributed by atoms with Crippen LogP contribution in [-0.2, 0) is 14.3 Å². The van der Waals surface area contributed by atoms with E-state index in [1.165, 1.54) is 0 Å². The first-order valence-electron chi connectivity index (χ1n) is 12.6. The highest BCUT2D eigenvalue weighted by atomic mass is 16.5. The molecule has 1 amide bonds. The lowest BCUT2D eigenvalue weighted by Crippen LogP contribution is -2.21. The highest BCUT2D eigenvalue weighted by Crippen LogP contribution is 2.30. The summed E-state index contributed by atoms with van der Waals surface area (Å²) in [5.41, 5.74) is 5.30. The van der Waals surface area contributed by atoms with Crippen LogP contribution in [0.5, 0.6) is 0 Å². The fraction of sp³-hybridized carbons (Fsp3) is 0.226. The molecule has 38 heavy (non-hydrogen) atoms. The minimum Gasteiger partial charge on any atom is -0.462 e. The van der Waals surface area contributed by atoms with Crippen LogP contribution in [0.3, 0.4) is 0 Å². The van der Waals surface area contributed by atoms with Gasteiger partial charge in [0.25, 0.3) is 5.91 Å². The van der Waals surface area contributed by atoms with Crippen LogP contribution >= 0.6 is 0 Å². The molecule has 1 aromatic heterocycles. The third-order valence-electron chi connectivity index (χ3n) is 6.13. The van der Waals surface area contributed by atoms with Crippen molar-refractivity contribution in [1.29, 1.82) is 0 Å². The Labute approximate surface area is 221 Å². The molecule has 0 fully saturated rings. The predicted octanol–water partition coefficient (Wildman–Crippen LogP) is 6.27. The molecule has 0 aliphatic carbocycles. The molecular formula is C31H30N2O5. The number of anilines is 1. The molecule has 0 aliphatic rings. The largest absolute Gasteiger partial charge is 0.462 e. The lowest BCUT2D eigenvalue weighted by molar-refractivity contribution is -0.119. The number of rotatable bonds is 9. The molecule has 1 N–H and O–H groups in total. The van der Waals surface area contributed by atoms with E-state index in [4.69, 9.17) is 14.5 Å². The van der Waals surface area contributed by atoms with Gasteiger partial charge in [-0.3, -0.25) is 4.79 Å². The van der Waals surface area contributed by atoms with Crippen LogP contribution in [0.2, 0.25) is 0 Å². The fourth-order valence-electron chi connectivity index (χ4n) is 4.05. The summed E-state index contributed by atoms with van der Waals surface area (Å²) in [5, 5.41) is 3.34. The smallest absolute Gasteiger partial charge is 0.339 e. The molecule has 0 saturated carbocycles. The highest BCUT2D eigenvalue weighted by molar-refractivity contribution is 6.07. The fourth-order valence-corrected chi connectivity index (χ4v) is 4.05. The van der Waals surface area contributed by atoms with E-state index in [0.717, 1.165) is 24.0 Å². The number of fused-ring (bicyclic) bond motifs is 1. The van der Waals surface area contributed by atoms with E-state index in [9.17, 15) is 14.4 Å². The Morgan fingerprint density at radius 3 is 2.26 bits per heavy atom. The van der Waals surface area contributed by atoms with Crippen molar-refractivity contribution in [2.24, 2.45) is 0 Å². The number of carbonyl (C=O) groups excluding carboxylic acids is 3. The maximum Gasteiger partial charge on any atom is 0.339 e. The summed E-state index contributed by atoms with van der Waals surface area (Å²) in [6.07, 6.45) is 1.74. The molecule has 0 spiro atoms. The van der Waals surface area contributed by atoms with Gasteiger partial charge >= 0.3 is 11.9 Å². The van der Waals surface area contributed by atoms with E-state index in [1.54, 1.807) is 24.3 Å². The zero-order valence-electron chi connectivity index (χ0n) is 21.7. The molecule has 3 aromatic carbocycles. The molecule has 0 radical (unpaired) electrons. The summed E-state index contributed by atoms with van der Waals surface area (Å²) < 4.78 is 10.6. The molecule has 194 valence electrons. The molecule has 4 aromatic rings. The molecule has 0 bridgehead atoms. The number of hydrogen-bond acceptors (Lipinski definition) is 6. The predicted molar refractivity (Wildman–Crippen MR) is 147 cm³/mol. The van der Waals surface area contributed by atoms with Crippen LogP contribution in [0.25, 0.3) is 22.2 Å². The Balaban J connectivity index is 1.46. The molecule has 1 heterocycles. The summed E-state index contributed by atoms with van der Waals surface area (Å²) in [6, 6.07) is 21.7. The quantitative estimate of drug-likeness (QED) is 0.211. The molecule has 0 saturated heterocycles. The Hall–Kier alpha value is -4.52. The lowest BCUT2D eigenvalue weighted by Gasteiger charge is -2.14. The van der Waals surface area contributed by atoms with Gasteiger partial charge in [-0.15, -0.1) is 0 Å². The summed E-state index contributed by atoms with van der Waals surface area (Å²) >= 11 is 0. The number of nitrogens with one attached hydrogen (secondary N) is 1. The van der Waals surface area contributed by atoms with Gasteiger partial charge in [-0.25, -0.2) is 14.6 Å². The number of amides is 1. The van der Waals surface area contributed by atoms with Gasteiger partial charge in [-0.05, 0) is 56.2 Å². The number of unbranched alkanes of at least 4 members (excludes halogenated alkanes) is 1. The standard InChI is InChI=1S/C31H30N2O5/c1-4-5-18-37-30(35)23-14-16-24(17-15-23)32-27(34)19-38-31(36)28-21(3)29(22-12-10-20(2)11-13-22)33-26-9-7-6-8-25(26)28/h6-17H,4-5,18-19H2,1-3H3,(H,32,34). The second kappa shape index (κ2) is 12.1. The first-order chi connectivity index (χ1) is 18.4. The van der Waals surface area contributed by atoms with E-state index < -0.39 is 24.5 Å². The molecule has 7 heteroatoms. The molecule has 4 rings (SSSR count). The van der Waals surface area contributed by atoms with Crippen LogP contribution in [0.1, 0.15) is 51.6 Å². The molecule has 7 nitrogen and oxygen atoms in total. The van der Waals surface area contributed by atoms with Crippen molar-refractivity contribution in [3.8, 4) is 11.3 Å². The number of carbonyl (C=O) groups is 3. The number of pyridine rings is 1. The summed E-state index contributed by atoms with van der Waals surface area (Å²) in [5.74, 6) is -1.50. The van der Waals surface area contributed by atoms with Gasteiger partial charge in [-0.1, -0.05) is 61.4 Å². The zero-order chi connectivity index (χ0) is 27.1. The number of aryl methyl sites for hydroxylation is 1. The maximum atomic E-state index is 13.2. The van der Waals surface area contributed by atoms with Crippen molar-refractivity contribution in [2.75, 3.05) is 18.5 Å².